The van der Waals surface area contributed by atoms with Gasteiger partial charge in [0.05, 0.1) is 13.7 Å². The Bertz CT molecular complexity index is 569. The van der Waals surface area contributed by atoms with Crippen molar-refractivity contribution in [3.8, 4) is 11.5 Å². The molecule has 0 bridgehead atoms. The van der Waals surface area contributed by atoms with Crippen LogP contribution in [0.25, 0.3) is 0 Å². The monoisotopic (exact) mass is 299 g/mol. The average Bonchev–Trinajstić information content (AvgIpc) is 2.57. The smallest absolute Gasteiger partial charge is 0.165 e. The highest BCUT2D eigenvalue weighted by Crippen LogP contribution is 2.31. The van der Waals surface area contributed by atoms with Crippen LogP contribution in [0.4, 0.5) is 0 Å². The minimum Gasteiger partial charge on any atom is -0.493 e. The van der Waals surface area contributed by atoms with Crippen molar-refractivity contribution in [2.45, 2.75) is 32.9 Å². The third kappa shape index (κ3) is 4.01. The lowest BCUT2D eigenvalue weighted by molar-refractivity contribution is 0.306. The van der Waals surface area contributed by atoms with E-state index in [0.717, 1.165) is 30.0 Å². The molecule has 3 heteroatoms. The van der Waals surface area contributed by atoms with Crippen LogP contribution in [0.3, 0.4) is 0 Å². The summed E-state index contributed by atoms with van der Waals surface area (Å²) in [7, 11) is 1.67. The SMILES string of the molecule is CCOc1c(CNC(CC)c2ccccc2)cccc1OC. The minimum atomic E-state index is 0.335. The highest BCUT2D eigenvalue weighted by molar-refractivity contribution is 5.46. The summed E-state index contributed by atoms with van der Waals surface area (Å²) in [4.78, 5) is 0. The van der Waals surface area contributed by atoms with Gasteiger partial charge in [-0.1, -0.05) is 49.4 Å². The Hall–Kier alpha value is -2.00. The first-order valence-corrected chi connectivity index (χ1v) is 7.87. The number of nitrogens with one attached hydrogen (secondary N) is 1. The highest BCUT2D eigenvalue weighted by Gasteiger charge is 2.13. The maximum atomic E-state index is 5.77. The highest BCUT2D eigenvalue weighted by atomic mass is 16.5. The van der Waals surface area contributed by atoms with Crippen molar-refractivity contribution in [3.05, 3.63) is 59.7 Å². The molecule has 0 radical (unpaired) electrons. The van der Waals surface area contributed by atoms with Gasteiger partial charge >= 0.3 is 0 Å². The maximum absolute atomic E-state index is 5.77. The van der Waals surface area contributed by atoms with Crippen LogP contribution in [0.15, 0.2) is 48.5 Å². The second kappa shape index (κ2) is 8.44. The van der Waals surface area contributed by atoms with Gasteiger partial charge in [-0.25, -0.2) is 0 Å². The molecule has 0 aliphatic rings. The summed E-state index contributed by atoms with van der Waals surface area (Å²) in [5.41, 5.74) is 2.43. The van der Waals surface area contributed by atoms with Crippen molar-refractivity contribution in [2.24, 2.45) is 0 Å². The molecule has 3 nitrogen and oxygen atoms in total. The molecule has 0 aliphatic carbocycles. The molecule has 0 amide bonds. The first-order valence-electron chi connectivity index (χ1n) is 7.87. The zero-order valence-electron chi connectivity index (χ0n) is 13.6. The van der Waals surface area contributed by atoms with Crippen LogP contribution in [0.2, 0.25) is 0 Å². The maximum Gasteiger partial charge on any atom is 0.165 e. The van der Waals surface area contributed by atoms with Gasteiger partial charge in [-0.2, -0.15) is 0 Å². The Kier molecular flexibility index (Phi) is 6.28. The van der Waals surface area contributed by atoms with E-state index in [1.807, 2.05) is 25.1 Å². The standard InChI is InChI=1S/C19H25NO2/c1-4-17(15-10-7-6-8-11-15)20-14-16-12-9-13-18(21-3)19(16)22-5-2/h6-13,17,20H,4-5,14H2,1-3H3. The van der Waals surface area contributed by atoms with Gasteiger partial charge in [-0.05, 0) is 25.0 Å². The van der Waals surface area contributed by atoms with Gasteiger partial charge in [0.25, 0.3) is 0 Å². The first kappa shape index (κ1) is 16.4. The van der Waals surface area contributed by atoms with Crippen LogP contribution in [0.1, 0.15) is 37.4 Å². The Balaban J connectivity index is 2.13. The zero-order valence-corrected chi connectivity index (χ0v) is 13.6. The molecule has 0 fully saturated rings. The van der Waals surface area contributed by atoms with E-state index in [1.165, 1.54) is 5.56 Å². The normalized spacial score (nSPS) is 12.0. The van der Waals surface area contributed by atoms with Crippen molar-refractivity contribution in [1.29, 1.82) is 0 Å². The molecule has 2 rings (SSSR count). The molecule has 22 heavy (non-hydrogen) atoms. The van der Waals surface area contributed by atoms with Gasteiger partial charge in [0.15, 0.2) is 11.5 Å². The molecule has 0 aliphatic heterocycles. The van der Waals surface area contributed by atoms with E-state index in [1.54, 1.807) is 7.11 Å². The second-order valence-electron chi connectivity index (χ2n) is 5.13. The predicted molar refractivity (Wildman–Crippen MR) is 90.5 cm³/mol. The molecule has 0 heterocycles. The van der Waals surface area contributed by atoms with Crippen LogP contribution >= 0.6 is 0 Å². The topological polar surface area (TPSA) is 30.5 Å². The molecule has 1 unspecified atom stereocenters. The van der Waals surface area contributed by atoms with Crippen LogP contribution in [0.5, 0.6) is 11.5 Å². The zero-order chi connectivity index (χ0) is 15.8. The van der Waals surface area contributed by atoms with Gasteiger partial charge in [0, 0.05) is 18.2 Å². The number of benzene rings is 2. The molecule has 0 saturated heterocycles. The predicted octanol–water partition coefficient (Wildman–Crippen LogP) is 4.33. The summed E-state index contributed by atoms with van der Waals surface area (Å²) < 4.78 is 11.2. The van der Waals surface area contributed by atoms with Crippen LogP contribution in [0, 0.1) is 0 Å². The number of para-hydroxylation sites is 1. The van der Waals surface area contributed by atoms with E-state index >= 15 is 0 Å². The molecule has 118 valence electrons. The molecule has 2 aromatic rings. The Labute approximate surface area is 133 Å². The van der Waals surface area contributed by atoms with Gasteiger partial charge in [-0.3, -0.25) is 0 Å². The summed E-state index contributed by atoms with van der Waals surface area (Å²) in [5.74, 6) is 1.62. The Morgan fingerprint density at radius 3 is 2.41 bits per heavy atom. The first-order chi connectivity index (χ1) is 10.8. The van der Waals surface area contributed by atoms with E-state index in [9.17, 15) is 0 Å². The molecule has 0 spiro atoms. The third-order valence-electron chi connectivity index (χ3n) is 3.72. The number of hydrogen-bond acceptors (Lipinski definition) is 3. The fourth-order valence-electron chi connectivity index (χ4n) is 2.59. The van der Waals surface area contributed by atoms with Crippen molar-refractivity contribution < 1.29 is 9.47 Å². The summed E-state index contributed by atoms with van der Waals surface area (Å²) in [6.07, 6.45) is 1.04. The van der Waals surface area contributed by atoms with Gasteiger partial charge in [0.1, 0.15) is 0 Å². The van der Waals surface area contributed by atoms with Crippen molar-refractivity contribution in [3.63, 3.8) is 0 Å². The fraction of sp³-hybridized carbons (Fsp3) is 0.368. The summed E-state index contributed by atoms with van der Waals surface area (Å²) in [6, 6.07) is 16.9. The van der Waals surface area contributed by atoms with E-state index in [2.05, 4.69) is 42.6 Å². The molecule has 1 atom stereocenters. The second-order valence-corrected chi connectivity index (χ2v) is 5.13. The molecular formula is C19H25NO2. The van der Waals surface area contributed by atoms with E-state index in [4.69, 9.17) is 9.47 Å². The lowest BCUT2D eigenvalue weighted by Gasteiger charge is -2.19. The molecule has 0 aromatic heterocycles. The van der Waals surface area contributed by atoms with Gasteiger partial charge in [-0.15, -0.1) is 0 Å². The molecule has 0 saturated carbocycles. The largest absolute Gasteiger partial charge is 0.493 e. The van der Waals surface area contributed by atoms with Crippen LogP contribution in [-0.2, 0) is 6.54 Å². The van der Waals surface area contributed by atoms with E-state index < -0.39 is 0 Å². The lowest BCUT2D eigenvalue weighted by atomic mass is 10.0. The van der Waals surface area contributed by atoms with E-state index in [-0.39, 0.29) is 0 Å². The Morgan fingerprint density at radius 2 is 1.77 bits per heavy atom. The number of ether oxygens (including phenoxy) is 2. The fourth-order valence-corrected chi connectivity index (χ4v) is 2.59. The quantitative estimate of drug-likeness (QED) is 0.786. The van der Waals surface area contributed by atoms with Crippen LogP contribution < -0.4 is 14.8 Å². The van der Waals surface area contributed by atoms with Crippen molar-refractivity contribution in [2.75, 3.05) is 13.7 Å². The number of hydrogen-bond donors (Lipinski definition) is 1. The van der Waals surface area contributed by atoms with Crippen molar-refractivity contribution in [1.82, 2.24) is 5.32 Å². The van der Waals surface area contributed by atoms with Gasteiger partial charge in [0.2, 0.25) is 0 Å². The number of rotatable bonds is 8. The third-order valence-corrected chi connectivity index (χ3v) is 3.72. The summed E-state index contributed by atoms with van der Waals surface area (Å²) in [5, 5.41) is 3.62. The lowest BCUT2D eigenvalue weighted by Crippen LogP contribution is -2.20. The van der Waals surface area contributed by atoms with Gasteiger partial charge < -0.3 is 14.8 Å². The summed E-state index contributed by atoms with van der Waals surface area (Å²) in [6.45, 7) is 5.56. The van der Waals surface area contributed by atoms with Crippen LogP contribution in [-0.4, -0.2) is 13.7 Å². The molecule has 2 aromatic carbocycles. The molecular weight excluding hydrogens is 274 g/mol. The molecule has 1 N–H and O–H groups in total. The minimum absolute atomic E-state index is 0.335. The average molecular weight is 299 g/mol. The summed E-state index contributed by atoms with van der Waals surface area (Å²) >= 11 is 0. The Morgan fingerprint density at radius 1 is 1.00 bits per heavy atom. The van der Waals surface area contributed by atoms with E-state index in [0.29, 0.717) is 12.6 Å². The number of methoxy groups -OCH3 is 1. The van der Waals surface area contributed by atoms with Crippen molar-refractivity contribution >= 4 is 0 Å².